The highest BCUT2D eigenvalue weighted by atomic mass is 16.5. The lowest BCUT2D eigenvalue weighted by atomic mass is 9.98. The van der Waals surface area contributed by atoms with E-state index in [1.807, 2.05) is 25.1 Å². The van der Waals surface area contributed by atoms with E-state index in [1.54, 1.807) is 36.9 Å². The summed E-state index contributed by atoms with van der Waals surface area (Å²) < 4.78 is 24.3. The third-order valence-corrected chi connectivity index (χ3v) is 5.64. The van der Waals surface area contributed by atoms with Gasteiger partial charge in [-0.1, -0.05) is 19.1 Å². The van der Waals surface area contributed by atoms with Crippen molar-refractivity contribution in [2.45, 2.75) is 39.7 Å². The molecule has 0 radical (unpaired) electrons. The van der Waals surface area contributed by atoms with Crippen LogP contribution in [0.1, 0.15) is 32.3 Å². The van der Waals surface area contributed by atoms with Crippen molar-refractivity contribution < 1.29 is 23.7 Å². The Morgan fingerprint density at radius 2 is 1.97 bits per heavy atom. The lowest BCUT2D eigenvalue weighted by Crippen LogP contribution is -2.21. The summed E-state index contributed by atoms with van der Waals surface area (Å²) in [5.41, 5.74) is 2.55. The quantitative estimate of drug-likeness (QED) is 0.474. The molecular weight excluding hydrogens is 422 g/mol. The summed E-state index contributed by atoms with van der Waals surface area (Å²) >= 11 is 0. The van der Waals surface area contributed by atoms with Crippen LogP contribution >= 0.6 is 0 Å². The Kier molecular flexibility index (Phi) is 6.87. The number of carbonyl (C=O) groups excluding carboxylic acids is 1. The number of aromatic nitrogens is 1. The maximum atomic E-state index is 13.8. The van der Waals surface area contributed by atoms with Gasteiger partial charge in [0.25, 0.3) is 0 Å². The first-order valence-corrected chi connectivity index (χ1v) is 11.4. The Balaban J connectivity index is 2.02. The molecule has 1 aliphatic rings. The van der Waals surface area contributed by atoms with Crippen molar-refractivity contribution in [2.75, 3.05) is 26.9 Å². The molecule has 1 aromatic heterocycles. The number of aryl methyl sites for hydroxylation is 1. The van der Waals surface area contributed by atoms with Gasteiger partial charge < -0.3 is 23.5 Å². The van der Waals surface area contributed by atoms with Gasteiger partial charge in [-0.05, 0) is 55.5 Å². The molecule has 0 bridgehead atoms. The van der Waals surface area contributed by atoms with Crippen molar-refractivity contribution in [3.63, 3.8) is 0 Å². The second kappa shape index (κ2) is 9.98. The van der Waals surface area contributed by atoms with E-state index >= 15 is 0 Å². The summed E-state index contributed by atoms with van der Waals surface area (Å²) in [7, 11) is 1.60. The molecule has 2 aromatic carbocycles. The Bertz CT molecular complexity index is 1210. The summed E-state index contributed by atoms with van der Waals surface area (Å²) in [6.07, 6.45) is 4.21. The van der Waals surface area contributed by atoms with Gasteiger partial charge in [0.15, 0.2) is 0 Å². The summed E-state index contributed by atoms with van der Waals surface area (Å²) in [4.78, 5) is 26.3. The molecular formula is C26H29NO6. The maximum absolute atomic E-state index is 13.8. The Morgan fingerprint density at radius 1 is 1.18 bits per heavy atom. The van der Waals surface area contributed by atoms with Gasteiger partial charge in [0.05, 0.1) is 37.8 Å². The van der Waals surface area contributed by atoms with E-state index in [-0.39, 0.29) is 24.5 Å². The molecule has 0 saturated carbocycles. The van der Waals surface area contributed by atoms with E-state index < -0.39 is 0 Å². The predicted octanol–water partition coefficient (Wildman–Crippen LogP) is 4.35. The van der Waals surface area contributed by atoms with Gasteiger partial charge in [-0.2, -0.15) is 0 Å². The highest BCUT2D eigenvalue weighted by Gasteiger charge is 2.25. The first-order valence-electron chi connectivity index (χ1n) is 11.4. The SMILES string of the molecule is CCCOc1cc2c(c3c(=O)c(-c4ccc(OC)cc4)cn(CC(=O)OCC)c13)OCCC2. The number of hydrogen-bond acceptors (Lipinski definition) is 6. The monoisotopic (exact) mass is 451 g/mol. The molecule has 0 atom stereocenters. The van der Waals surface area contributed by atoms with Crippen LogP contribution in [0.2, 0.25) is 0 Å². The number of ether oxygens (including phenoxy) is 4. The number of carbonyl (C=O) groups is 1. The van der Waals surface area contributed by atoms with Crippen LogP contribution in [-0.4, -0.2) is 37.5 Å². The molecule has 7 heteroatoms. The number of fused-ring (bicyclic) bond motifs is 3. The Morgan fingerprint density at radius 3 is 2.67 bits per heavy atom. The van der Waals surface area contributed by atoms with Crippen molar-refractivity contribution in [1.29, 1.82) is 0 Å². The number of pyridine rings is 1. The van der Waals surface area contributed by atoms with Crippen LogP contribution in [0, 0.1) is 0 Å². The first kappa shape index (κ1) is 22.7. The van der Waals surface area contributed by atoms with Gasteiger partial charge in [0.1, 0.15) is 23.8 Å². The van der Waals surface area contributed by atoms with Crippen LogP contribution < -0.4 is 19.6 Å². The number of nitrogens with zero attached hydrogens (tertiary/aromatic N) is 1. The van der Waals surface area contributed by atoms with Gasteiger partial charge in [-0.25, -0.2) is 0 Å². The van der Waals surface area contributed by atoms with Crippen molar-refractivity contribution in [3.8, 4) is 28.4 Å². The van der Waals surface area contributed by atoms with Crippen LogP contribution in [0.4, 0.5) is 0 Å². The van der Waals surface area contributed by atoms with Crippen molar-refractivity contribution in [2.24, 2.45) is 0 Å². The minimum absolute atomic E-state index is 0.0466. The fourth-order valence-corrected chi connectivity index (χ4v) is 4.15. The minimum atomic E-state index is -0.386. The Hall–Kier alpha value is -3.48. The largest absolute Gasteiger partial charge is 0.497 e. The van der Waals surface area contributed by atoms with Crippen LogP contribution in [-0.2, 0) is 22.5 Å². The van der Waals surface area contributed by atoms with E-state index in [2.05, 4.69) is 0 Å². The zero-order chi connectivity index (χ0) is 23.4. The highest BCUT2D eigenvalue weighted by molar-refractivity contribution is 5.95. The molecule has 0 aliphatic carbocycles. The number of methoxy groups -OCH3 is 1. The molecule has 0 unspecified atom stereocenters. The van der Waals surface area contributed by atoms with Gasteiger partial charge in [0.2, 0.25) is 5.43 Å². The molecule has 33 heavy (non-hydrogen) atoms. The lowest BCUT2D eigenvalue weighted by molar-refractivity contribution is -0.143. The maximum Gasteiger partial charge on any atom is 0.325 e. The molecule has 2 heterocycles. The van der Waals surface area contributed by atoms with Crippen molar-refractivity contribution >= 4 is 16.9 Å². The van der Waals surface area contributed by atoms with E-state index in [0.717, 1.165) is 30.4 Å². The Labute approximate surface area is 192 Å². The molecule has 0 saturated heterocycles. The number of esters is 1. The molecule has 174 valence electrons. The van der Waals surface area contributed by atoms with E-state index in [0.29, 0.717) is 46.9 Å². The molecule has 0 fully saturated rings. The van der Waals surface area contributed by atoms with Gasteiger partial charge >= 0.3 is 5.97 Å². The predicted molar refractivity (Wildman–Crippen MR) is 126 cm³/mol. The highest BCUT2D eigenvalue weighted by Crippen LogP contribution is 2.39. The summed E-state index contributed by atoms with van der Waals surface area (Å²) in [5.74, 6) is 1.47. The number of rotatable bonds is 8. The fourth-order valence-electron chi connectivity index (χ4n) is 4.15. The molecule has 4 rings (SSSR count). The average Bonchev–Trinajstić information content (AvgIpc) is 2.84. The van der Waals surface area contributed by atoms with Crippen molar-refractivity contribution in [3.05, 3.63) is 52.3 Å². The molecule has 0 N–H and O–H groups in total. The zero-order valence-electron chi connectivity index (χ0n) is 19.3. The van der Waals surface area contributed by atoms with Crippen molar-refractivity contribution in [1.82, 2.24) is 4.57 Å². The second-order valence-corrected chi connectivity index (χ2v) is 7.92. The van der Waals surface area contributed by atoms with Crippen LogP contribution in [0.25, 0.3) is 22.0 Å². The fraction of sp³-hybridized carbons (Fsp3) is 0.385. The van der Waals surface area contributed by atoms with E-state index in [4.69, 9.17) is 18.9 Å². The van der Waals surface area contributed by atoms with Crippen LogP contribution in [0.3, 0.4) is 0 Å². The summed E-state index contributed by atoms with van der Waals surface area (Å²) in [6, 6.07) is 9.23. The lowest BCUT2D eigenvalue weighted by Gasteiger charge is -2.23. The summed E-state index contributed by atoms with van der Waals surface area (Å²) in [6.45, 7) is 5.07. The second-order valence-electron chi connectivity index (χ2n) is 7.92. The normalized spacial score (nSPS) is 12.7. The van der Waals surface area contributed by atoms with Gasteiger partial charge in [-0.15, -0.1) is 0 Å². The van der Waals surface area contributed by atoms with Gasteiger partial charge in [-0.3, -0.25) is 9.59 Å². The minimum Gasteiger partial charge on any atom is -0.497 e. The third kappa shape index (κ3) is 4.53. The van der Waals surface area contributed by atoms with E-state index in [9.17, 15) is 9.59 Å². The molecule has 3 aromatic rings. The zero-order valence-corrected chi connectivity index (χ0v) is 19.3. The summed E-state index contributed by atoms with van der Waals surface area (Å²) in [5, 5.41) is 0.441. The standard InChI is InChI=1S/C26H29NO6/c1-4-12-32-21-14-18-7-6-13-33-26(18)23-24(21)27(16-22(28)31-5-2)15-20(25(23)29)17-8-10-19(30-3)11-9-17/h8-11,14-15H,4-7,12-13,16H2,1-3H3. The van der Waals surface area contributed by atoms with Crippen LogP contribution in [0.5, 0.6) is 17.2 Å². The number of hydrogen-bond donors (Lipinski definition) is 0. The van der Waals surface area contributed by atoms with E-state index in [1.165, 1.54) is 0 Å². The molecule has 1 aliphatic heterocycles. The topological polar surface area (TPSA) is 76.0 Å². The number of benzene rings is 2. The van der Waals surface area contributed by atoms with Crippen LogP contribution in [0.15, 0.2) is 41.3 Å². The molecule has 0 amide bonds. The average molecular weight is 452 g/mol. The smallest absolute Gasteiger partial charge is 0.325 e. The molecule has 7 nitrogen and oxygen atoms in total. The van der Waals surface area contributed by atoms with Gasteiger partial charge in [0, 0.05) is 11.8 Å². The first-order chi connectivity index (χ1) is 16.1. The molecule has 0 spiro atoms. The third-order valence-electron chi connectivity index (χ3n) is 5.64.